The van der Waals surface area contributed by atoms with Crippen LogP contribution in [0.3, 0.4) is 0 Å². The quantitative estimate of drug-likeness (QED) is 0.349. The van der Waals surface area contributed by atoms with Crippen LogP contribution in [0.4, 0.5) is 13.2 Å². The minimum atomic E-state index is -4.34. The Kier molecular flexibility index (Phi) is 10.1. The summed E-state index contributed by atoms with van der Waals surface area (Å²) in [5, 5.41) is 6.53. The number of ether oxygens (including phenoxy) is 2. The summed E-state index contributed by atoms with van der Waals surface area (Å²) >= 11 is 0. The summed E-state index contributed by atoms with van der Waals surface area (Å²) in [4.78, 5) is 6.95. The van der Waals surface area contributed by atoms with Gasteiger partial charge >= 0.3 is 6.18 Å². The van der Waals surface area contributed by atoms with Gasteiger partial charge in [-0.05, 0) is 44.0 Å². The number of guanidine groups is 1. The third kappa shape index (κ3) is 10.4. The maximum atomic E-state index is 12.2. The predicted octanol–water partition coefficient (Wildman–Crippen LogP) is 2.80. The van der Waals surface area contributed by atoms with Gasteiger partial charge in [0.25, 0.3) is 0 Å². The first-order valence-corrected chi connectivity index (χ1v) is 10.1. The van der Waals surface area contributed by atoms with Gasteiger partial charge in [-0.3, -0.25) is 4.90 Å². The molecule has 0 amide bonds. The molecule has 2 N–H and O–H groups in total. The van der Waals surface area contributed by atoms with E-state index in [-0.39, 0.29) is 5.75 Å². The number of benzene rings is 1. The number of hydrogen-bond donors (Lipinski definition) is 2. The number of hydrogen-bond acceptors (Lipinski definition) is 4. The van der Waals surface area contributed by atoms with Crippen LogP contribution in [-0.2, 0) is 11.3 Å². The molecule has 164 valence electrons. The third-order valence-electron chi connectivity index (χ3n) is 4.39. The van der Waals surface area contributed by atoms with Crippen molar-refractivity contribution in [2.24, 2.45) is 4.99 Å². The Bertz CT molecular complexity index is 603. The summed E-state index contributed by atoms with van der Waals surface area (Å²) in [6.45, 7) is 7.49. The zero-order valence-corrected chi connectivity index (χ0v) is 16.9. The van der Waals surface area contributed by atoms with Crippen molar-refractivity contribution in [1.29, 1.82) is 0 Å². The van der Waals surface area contributed by atoms with E-state index in [1.54, 1.807) is 12.1 Å². The monoisotopic (exact) mass is 416 g/mol. The first-order chi connectivity index (χ1) is 14.0. The molecule has 1 aliphatic heterocycles. The van der Waals surface area contributed by atoms with Gasteiger partial charge in [-0.1, -0.05) is 12.1 Å². The molecular formula is C20H31F3N4O2. The predicted molar refractivity (Wildman–Crippen MR) is 107 cm³/mol. The van der Waals surface area contributed by atoms with Gasteiger partial charge in [-0.25, -0.2) is 4.99 Å². The molecule has 1 fully saturated rings. The number of rotatable bonds is 10. The second-order valence-electron chi connectivity index (χ2n) is 6.83. The Morgan fingerprint density at radius 3 is 2.52 bits per heavy atom. The summed E-state index contributed by atoms with van der Waals surface area (Å²) in [6, 6.07) is 6.51. The molecule has 29 heavy (non-hydrogen) atoms. The van der Waals surface area contributed by atoms with Gasteiger partial charge in [0.2, 0.25) is 0 Å². The molecule has 0 aromatic heterocycles. The Morgan fingerprint density at radius 1 is 1.14 bits per heavy atom. The molecule has 0 aliphatic carbocycles. The average molecular weight is 416 g/mol. The van der Waals surface area contributed by atoms with E-state index in [1.165, 1.54) is 12.1 Å². The number of nitrogens with one attached hydrogen (secondary N) is 2. The van der Waals surface area contributed by atoms with Crippen molar-refractivity contribution in [2.75, 3.05) is 52.5 Å². The molecule has 2 rings (SSSR count). The Morgan fingerprint density at radius 2 is 1.86 bits per heavy atom. The summed E-state index contributed by atoms with van der Waals surface area (Å²) in [5.41, 5.74) is 0.897. The van der Waals surface area contributed by atoms with Gasteiger partial charge in [0.1, 0.15) is 5.75 Å². The number of unbranched alkanes of at least 4 members (excludes halogenated alkanes) is 1. The summed E-state index contributed by atoms with van der Waals surface area (Å²) in [5.74, 6) is 0.927. The minimum Gasteiger partial charge on any atom is -0.484 e. The van der Waals surface area contributed by atoms with Gasteiger partial charge < -0.3 is 20.1 Å². The number of alkyl halides is 3. The van der Waals surface area contributed by atoms with Crippen LogP contribution in [0.25, 0.3) is 0 Å². The molecule has 0 unspecified atom stereocenters. The highest BCUT2D eigenvalue weighted by atomic mass is 19.4. The number of morpholine rings is 1. The van der Waals surface area contributed by atoms with Crippen LogP contribution in [0.15, 0.2) is 29.3 Å². The molecule has 1 heterocycles. The van der Waals surface area contributed by atoms with Crippen molar-refractivity contribution in [2.45, 2.75) is 32.5 Å². The second-order valence-corrected chi connectivity index (χ2v) is 6.83. The molecule has 1 saturated heterocycles. The summed E-state index contributed by atoms with van der Waals surface area (Å²) in [7, 11) is 0. The van der Waals surface area contributed by atoms with Crippen molar-refractivity contribution in [3.05, 3.63) is 29.8 Å². The Labute approximate surface area is 170 Å². The molecule has 0 saturated carbocycles. The highest BCUT2D eigenvalue weighted by Gasteiger charge is 2.28. The Hall–Kier alpha value is -2.00. The molecule has 1 aliphatic rings. The van der Waals surface area contributed by atoms with Crippen molar-refractivity contribution >= 4 is 5.96 Å². The second kappa shape index (κ2) is 12.5. The van der Waals surface area contributed by atoms with Crippen LogP contribution in [0, 0.1) is 0 Å². The largest absolute Gasteiger partial charge is 0.484 e. The molecule has 6 nitrogen and oxygen atoms in total. The van der Waals surface area contributed by atoms with Crippen LogP contribution in [0.5, 0.6) is 5.75 Å². The molecule has 0 radical (unpaired) electrons. The Balaban J connectivity index is 1.70. The maximum absolute atomic E-state index is 12.2. The fourth-order valence-electron chi connectivity index (χ4n) is 2.86. The van der Waals surface area contributed by atoms with E-state index in [9.17, 15) is 13.2 Å². The lowest BCUT2D eigenvalue weighted by Gasteiger charge is -2.26. The van der Waals surface area contributed by atoms with E-state index in [0.717, 1.165) is 70.3 Å². The van der Waals surface area contributed by atoms with Gasteiger partial charge in [-0.15, -0.1) is 0 Å². The first-order valence-electron chi connectivity index (χ1n) is 10.1. The molecule has 0 atom stereocenters. The van der Waals surface area contributed by atoms with Gasteiger partial charge in [0, 0.05) is 26.2 Å². The van der Waals surface area contributed by atoms with Crippen LogP contribution in [0.1, 0.15) is 25.3 Å². The van der Waals surface area contributed by atoms with Crippen LogP contribution < -0.4 is 15.4 Å². The van der Waals surface area contributed by atoms with Crippen molar-refractivity contribution < 1.29 is 22.6 Å². The standard InChI is InChI=1S/C20H31F3N4O2/c1-2-24-19(25-9-3-4-10-27-11-13-28-14-12-27)26-15-17-5-7-18(8-6-17)29-16-20(21,22)23/h5-8H,2-4,9-16H2,1H3,(H2,24,25,26). The van der Waals surface area contributed by atoms with E-state index >= 15 is 0 Å². The smallest absolute Gasteiger partial charge is 0.422 e. The maximum Gasteiger partial charge on any atom is 0.422 e. The zero-order chi connectivity index (χ0) is 21.0. The van der Waals surface area contributed by atoms with E-state index in [4.69, 9.17) is 9.47 Å². The topological polar surface area (TPSA) is 58.1 Å². The molecular weight excluding hydrogens is 385 g/mol. The highest BCUT2D eigenvalue weighted by Crippen LogP contribution is 2.19. The lowest BCUT2D eigenvalue weighted by Crippen LogP contribution is -2.39. The number of halogens is 3. The lowest BCUT2D eigenvalue weighted by molar-refractivity contribution is -0.153. The van der Waals surface area contributed by atoms with Crippen molar-refractivity contribution in [1.82, 2.24) is 15.5 Å². The molecule has 0 bridgehead atoms. The molecule has 1 aromatic carbocycles. The summed E-state index contributed by atoms with van der Waals surface area (Å²) in [6.07, 6.45) is -2.17. The number of nitrogens with zero attached hydrogens (tertiary/aromatic N) is 2. The zero-order valence-electron chi connectivity index (χ0n) is 16.9. The minimum absolute atomic E-state index is 0.195. The fraction of sp³-hybridized carbons (Fsp3) is 0.650. The normalized spacial score (nSPS) is 15.9. The molecule has 0 spiro atoms. The van der Waals surface area contributed by atoms with E-state index in [2.05, 4.69) is 20.5 Å². The molecule has 9 heteroatoms. The van der Waals surface area contributed by atoms with E-state index in [1.807, 2.05) is 6.92 Å². The van der Waals surface area contributed by atoms with Gasteiger partial charge in [-0.2, -0.15) is 13.2 Å². The SMILES string of the molecule is CCNC(=NCc1ccc(OCC(F)(F)F)cc1)NCCCCN1CCOCC1. The average Bonchev–Trinajstić information content (AvgIpc) is 2.71. The van der Waals surface area contributed by atoms with Crippen LogP contribution in [0.2, 0.25) is 0 Å². The third-order valence-corrected chi connectivity index (χ3v) is 4.39. The molecule has 1 aromatic rings. The van der Waals surface area contributed by atoms with E-state index in [0.29, 0.717) is 6.54 Å². The van der Waals surface area contributed by atoms with E-state index < -0.39 is 12.8 Å². The highest BCUT2D eigenvalue weighted by molar-refractivity contribution is 5.79. The lowest BCUT2D eigenvalue weighted by atomic mass is 10.2. The summed E-state index contributed by atoms with van der Waals surface area (Å²) < 4.78 is 46.6. The van der Waals surface area contributed by atoms with Crippen molar-refractivity contribution in [3.63, 3.8) is 0 Å². The van der Waals surface area contributed by atoms with Crippen LogP contribution >= 0.6 is 0 Å². The van der Waals surface area contributed by atoms with Crippen molar-refractivity contribution in [3.8, 4) is 5.75 Å². The van der Waals surface area contributed by atoms with Gasteiger partial charge in [0.05, 0.1) is 19.8 Å². The van der Waals surface area contributed by atoms with Gasteiger partial charge in [0.15, 0.2) is 12.6 Å². The number of aliphatic imine (C=N–C) groups is 1. The van der Waals surface area contributed by atoms with Crippen LogP contribution in [-0.4, -0.2) is 69.6 Å². The fourth-order valence-corrected chi connectivity index (χ4v) is 2.86. The first kappa shape index (κ1) is 23.3.